The first-order valence-electron chi connectivity index (χ1n) is 5.93. The summed E-state index contributed by atoms with van der Waals surface area (Å²) in [6, 6.07) is 2.78. The van der Waals surface area contributed by atoms with Crippen LogP contribution in [-0.4, -0.2) is 24.7 Å². The van der Waals surface area contributed by atoms with Crippen LogP contribution in [0.2, 0.25) is 0 Å². The number of nitrogens with one attached hydrogen (secondary N) is 1. The zero-order chi connectivity index (χ0) is 12.8. The van der Waals surface area contributed by atoms with E-state index in [-0.39, 0.29) is 18.2 Å². The van der Waals surface area contributed by atoms with E-state index in [1.807, 2.05) is 0 Å². The highest BCUT2D eigenvalue weighted by molar-refractivity contribution is 5.85. The maximum atomic E-state index is 12.7. The van der Waals surface area contributed by atoms with Crippen molar-refractivity contribution in [1.29, 1.82) is 0 Å². The van der Waals surface area contributed by atoms with Gasteiger partial charge in [-0.3, -0.25) is 0 Å². The molecule has 7 heteroatoms. The Morgan fingerprint density at radius 3 is 2.63 bits per heavy atom. The average molecular weight is 295 g/mol. The van der Waals surface area contributed by atoms with Gasteiger partial charge in [-0.15, -0.1) is 12.4 Å². The standard InChI is InChI=1S/C12H13F3N2O.ClH/c13-12(14,15)11-10(2-1-3-17-11)18-6-9-7-4-16-5-8(7)9;/h1-3,7-9,16H,4-6H2;1H/t7-,8+,9?;. The van der Waals surface area contributed by atoms with Gasteiger partial charge in [-0.1, -0.05) is 0 Å². The minimum Gasteiger partial charge on any atom is -0.491 e. The van der Waals surface area contributed by atoms with Gasteiger partial charge < -0.3 is 10.1 Å². The predicted octanol–water partition coefficient (Wildman–Crippen LogP) is 2.37. The van der Waals surface area contributed by atoms with Crippen molar-refractivity contribution < 1.29 is 17.9 Å². The van der Waals surface area contributed by atoms with Gasteiger partial charge in [0.05, 0.1) is 6.61 Å². The SMILES string of the molecule is Cl.FC(F)(F)c1ncccc1OCC1[C@H]2CNC[C@@H]12. The largest absolute Gasteiger partial charge is 0.491 e. The van der Waals surface area contributed by atoms with Crippen LogP contribution < -0.4 is 10.1 Å². The highest BCUT2D eigenvalue weighted by atomic mass is 35.5. The maximum absolute atomic E-state index is 12.7. The number of hydrogen-bond donors (Lipinski definition) is 1. The topological polar surface area (TPSA) is 34.1 Å². The van der Waals surface area contributed by atoms with E-state index in [0.29, 0.717) is 24.4 Å². The Morgan fingerprint density at radius 1 is 1.32 bits per heavy atom. The Kier molecular flexibility index (Phi) is 3.92. The van der Waals surface area contributed by atoms with Crippen molar-refractivity contribution in [3.05, 3.63) is 24.0 Å². The molecule has 1 saturated heterocycles. The minimum atomic E-state index is -4.46. The highest BCUT2D eigenvalue weighted by Gasteiger charge is 2.53. The molecular formula is C12H14ClF3N2O. The molecule has 0 aromatic carbocycles. The molecule has 1 saturated carbocycles. The molecule has 0 amide bonds. The second-order valence-electron chi connectivity index (χ2n) is 4.81. The summed E-state index contributed by atoms with van der Waals surface area (Å²) < 4.78 is 43.3. The molecule has 3 atom stereocenters. The Bertz CT molecular complexity index is 445. The van der Waals surface area contributed by atoms with Gasteiger partial charge in [-0.05, 0) is 37.1 Å². The lowest BCUT2D eigenvalue weighted by Gasteiger charge is -2.13. The van der Waals surface area contributed by atoms with Crippen molar-refractivity contribution in [2.45, 2.75) is 6.18 Å². The van der Waals surface area contributed by atoms with Crippen LogP contribution in [0, 0.1) is 17.8 Å². The lowest BCUT2D eigenvalue weighted by atomic mass is 10.3. The van der Waals surface area contributed by atoms with Gasteiger partial charge in [0.1, 0.15) is 5.75 Å². The molecule has 0 spiro atoms. The number of pyridine rings is 1. The van der Waals surface area contributed by atoms with Crippen molar-refractivity contribution in [3.63, 3.8) is 0 Å². The summed E-state index contributed by atoms with van der Waals surface area (Å²) in [6.07, 6.45) is -3.33. The highest BCUT2D eigenvalue weighted by Crippen LogP contribution is 2.48. The van der Waals surface area contributed by atoms with Crippen LogP contribution in [0.5, 0.6) is 5.75 Å². The molecule has 2 heterocycles. The molecule has 19 heavy (non-hydrogen) atoms. The van der Waals surface area contributed by atoms with E-state index in [4.69, 9.17) is 4.74 Å². The van der Waals surface area contributed by atoms with Gasteiger partial charge in [-0.2, -0.15) is 13.2 Å². The van der Waals surface area contributed by atoms with Crippen LogP contribution in [0.1, 0.15) is 5.69 Å². The molecule has 3 rings (SSSR count). The van der Waals surface area contributed by atoms with E-state index >= 15 is 0 Å². The molecule has 1 aliphatic carbocycles. The summed E-state index contributed by atoms with van der Waals surface area (Å²) in [7, 11) is 0. The third-order valence-corrected chi connectivity index (χ3v) is 3.74. The summed E-state index contributed by atoms with van der Waals surface area (Å²) in [6.45, 7) is 2.27. The van der Waals surface area contributed by atoms with E-state index < -0.39 is 11.9 Å². The quantitative estimate of drug-likeness (QED) is 0.929. The molecule has 1 aromatic heterocycles. The fourth-order valence-corrected chi connectivity index (χ4v) is 2.70. The van der Waals surface area contributed by atoms with Gasteiger partial charge in [0.25, 0.3) is 0 Å². The van der Waals surface area contributed by atoms with E-state index in [0.717, 1.165) is 19.3 Å². The van der Waals surface area contributed by atoms with E-state index in [1.54, 1.807) is 0 Å². The molecule has 1 unspecified atom stereocenters. The normalized spacial score (nSPS) is 28.5. The van der Waals surface area contributed by atoms with Crippen molar-refractivity contribution in [2.24, 2.45) is 17.8 Å². The molecule has 1 aromatic rings. The van der Waals surface area contributed by atoms with Gasteiger partial charge in [0.2, 0.25) is 0 Å². The first-order valence-corrected chi connectivity index (χ1v) is 5.93. The molecule has 1 N–H and O–H groups in total. The molecule has 106 valence electrons. The molecule has 3 nitrogen and oxygen atoms in total. The first-order chi connectivity index (χ1) is 8.57. The first kappa shape index (κ1) is 14.4. The summed E-state index contributed by atoms with van der Waals surface area (Å²) >= 11 is 0. The van der Waals surface area contributed by atoms with Crippen molar-refractivity contribution in [1.82, 2.24) is 10.3 Å². The van der Waals surface area contributed by atoms with Gasteiger partial charge in [0, 0.05) is 12.1 Å². The fraction of sp³-hybridized carbons (Fsp3) is 0.583. The second-order valence-corrected chi connectivity index (χ2v) is 4.81. The van der Waals surface area contributed by atoms with Crippen LogP contribution in [0.4, 0.5) is 13.2 Å². The number of alkyl halides is 3. The van der Waals surface area contributed by atoms with Crippen LogP contribution >= 0.6 is 12.4 Å². The molecule has 0 bridgehead atoms. The van der Waals surface area contributed by atoms with Crippen LogP contribution in [-0.2, 0) is 6.18 Å². The van der Waals surface area contributed by atoms with E-state index in [1.165, 1.54) is 12.1 Å². The summed E-state index contributed by atoms with van der Waals surface area (Å²) in [4.78, 5) is 3.36. The summed E-state index contributed by atoms with van der Waals surface area (Å²) in [5.74, 6) is 1.39. The number of nitrogens with zero attached hydrogens (tertiary/aromatic N) is 1. The second kappa shape index (κ2) is 5.17. The third-order valence-electron chi connectivity index (χ3n) is 3.74. The molecule has 0 radical (unpaired) electrons. The minimum absolute atomic E-state index is 0. The number of hydrogen-bond acceptors (Lipinski definition) is 3. The molecule has 1 aliphatic heterocycles. The molecular weight excluding hydrogens is 281 g/mol. The lowest BCUT2D eigenvalue weighted by molar-refractivity contribution is -0.142. The Labute approximate surface area is 115 Å². The smallest absolute Gasteiger partial charge is 0.437 e. The van der Waals surface area contributed by atoms with E-state index in [2.05, 4.69) is 10.3 Å². The van der Waals surface area contributed by atoms with E-state index in [9.17, 15) is 13.2 Å². The zero-order valence-electron chi connectivity index (χ0n) is 9.98. The zero-order valence-corrected chi connectivity index (χ0v) is 10.8. The van der Waals surface area contributed by atoms with Gasteiger partial charge in [-0.25, -0.2) is 4.98 Å². The summed E-state index contributed by atoms with van der Waals surface area (Å²) in [5, 5.41) is 3.24. The fourth-order valence-electron chi connectivity index (χ4n) is 2.70. The Hall–Kier alpha value is -1.01. The lowest BCUT2D eigenvalue weighted by Crippen LogP contribution is -2.18. The van der Waals surface area contributed by atoms with Gasteiger partial charge in [0.15, 0.2) is 5.69 Å². The number of ether oxygens (including phenoxy) is 1. The summed E-state index contributed by atoms with van der Waals surface area (Å²) in [5.41, 5.74) is -0.936. The van der Waals surface area contributed by atoms with Crippen molar-refractivity contribution >= 4 is 12.4 Å². The average Bonchev–Trinajstić information content (AvgIpc) is 2.77. The maximum Gasteiger partial charge on any atom is 0.437 e. The number of aromatic nitrogens is 1. The molecule has 2 aliphatic rings. The predicted molar refractivity (Wildman–Crippen MR) is 65.3 cm³/mol. The Balaban J connectivity index is 0.00000133. The number of fused-ring (bicyclic) bond motifs is 1. The van der Waals surface area contributed by atoms with Gasteiger partial charge >= 0.3 is 6.18 Å². The van der Waals surface area contributed by atoms with Crippen LogP contribution in [0.15, 0.2) is 18.3 Å². The molecule has 2 fully saturated rings. The third kappa shape index (κ3) is 2.79. The van der Waals surface area contributed by atoms with Crippen LogP contribution in [0.25, 0.3) is 0 Å². The Morgan fingerprint density at radius 2 is 2.00 bits per heavy atom. The monoisotopic (exact) mass is 294 g/mol. The van der Waals surface area contributed by atoms with Crippen molar-refractivity contribution in [3.8, 4) is 5.75 Å². The number of rotatable bonds is 3. The number of piperidine rings is 1. The number of halogens is 4. The van der Waals surface area contributed by atoms with Crippen LogP contribution in [0.3, 0.4) is 0 Å². The van der Waals surface area contributed by atoms with Crippen molar-refractivity contribution in [2.75, 3.05) is 19.7 Å².